The van der Waals surface area contributed by atoms with Gasteiger partial charge in [-0.3, -0.25) is 14.5 Å². The number of hydrogen-bond donors (Lipinski definition) is 1. The highest BCUT2D eigenvalue weighted by molar-refractivity contribution is 7.16. The fraction of sp³-hybridized carbons (Fsp3) is 0.538. The number of carbonyl (C=O) groups is 2. The summed E-state index contributed by atoms with van der Waals surface area (Å²) in [6.07, 6.45) is 1.66. The molecule has 1 amide bonds. The Bertz CT molecular complexity index is 492. The van der Waals surface area contributed by atoms with Gasteiger partial charge in [0.25, 0.3) is 0 Å². The highest BCUT2D eigenvalue weighted by atomic mass is 35.5. The van der Waals surface area contributed by atoms with Gasteiger partial charge in [-0.05, 0) is 31.5 Å². The number of nitrogens with one attached hydrogen (secondary N) is 1. The number of amides is 1. The van der Waals surface area contributed by atoms with Crippen molar-refractivity contribution in [2.75, 3.05) is 20.2 Å². The van der Waals surface area contributed by atoms with E-state index in [1.165, 1.54) is 18.4 Å². The van der Waals surface area contributed by atoms with Crippen LogP contribution in [0.1, 0.15) is 17.7 Å². The van der Waals surface area contributed by atoms with Crippen molar-refractivity contribution in [2.45, 2.75) is 25.4 Å². The summed E-state index contributed by atoms with van der Waals surface area (Å²) in [7, 11) is 1.37. The average Bonchev–Trinajstić information content (AvgIpc) is 3.04. The SMILES string of the molecule is COC(=O)C1CCCN1CC(=O)NCc1ccc(Cl)s1. The Morgan fingerprint density at radius 1 is 1.55 bits per heavy atom. The number of carbonyl (C=O) groups excluding carboxylic acids is 2. The smallest absolute Gasteiger partial charge is 0.323 e. The maximum Gasteiger partial charge on any atom is 0.323 e. The third-order valence-corrected chi connectivity index (χ3v) is 4.50. The third-order valence-electron chi connectivity index (χ3n) is 3.27. The molecular formula is C13H17ClN2O3S. The minimum Gasteiger partial charge on any atom is -0.468 e. The summed E-state index contributed by atoms with van der Waals surface area (Å²) in [4.78, 5) is 26.4. The first-order valence-electron chi connectivity index (χ1n) is 6.43. The Morgan fingerprint density at radius 3 is 3.00 bits per heavy atom. The van der Waals surface area contributed by atoms with E-state index >= 15 is 0 Å². The average molecular weight is 317 g/mol. The van der Waals surface area contributed by atoms with Gasteiger partial charge in [0.05, 0.1) is 24.5 Å². The second kappa shape index (κ2) is 7.06. The molecule has 0 aliphatic carbocycles. The number of hydrogen-bond acceptors (Lipinski definition) is 5. The van der Waals surface area contributed by atoms with Gasteiger partial charge >= 0.3 is 5.97 Å². The summed E-state index contributed by atoms with van der Waals surface area (Å²) in [5.41, 5.74) is 0. The Morgan fingerprint density at radius 2 is 2.35 bits per heavy atom. The van der Waals surface area contributed by atoms with Crippen molar-refractivity contribution in [3.63, 3.8) is 0 Å². The maximum atomic E-state index is 11.9. The summed E-state index contributed by atoms with van der Waals surface area (Å²) in [5, 5.41) is 2.84. The monoisotopic (exact) mass is 316 g/mol. The molecule has 0 spiro atoms. The minimum atomic E-state index is -0.290. The Labute approximate surface area is 126 Å². The van der Waals surface area contributed by atoms with Crippen molar-refractivity contribution in [3.05, 3.63) is 21.3 Å². The van der Waals surface area contributed by atoms with Crippen LogP contribution in [0.25, 0.3) is 0 Å². The standard InChI is InChI=1S/C13H17ClN2O3S/c1-19-13(18)10-3-2-6-16(10)8-12(17)15-7-9-4-5-11(14)20-9/h4-5,10H,2-3,6-8H2,1H3,(H,15,17). The second-order valence-corrected chi connectivity index (χ2v) is 6.43. The molecule has 0 radical (unpaired) electrons. The number of rotatable bonds is 5. The van der Waals surface area contributed by atoms with Crippen molar-refractivity contribution in [1.82, 2.24) is 10.2 Å². The van der Waals surface area contributed by atoms with E-state index in [1.54, 1.807) is 0 Å². The normalized spacial score (nSPS) is 19.0. The first-order chi connectivity index (χ1) is 9.60. The fourth-order valence-electron chi connectivity index (χ4n) is 2.29. The van der Waals surface area contributed by atoms with Crippen molar-refractivity contribution in [3.8, 4) is 0 Å². The van der Waals surface area contributed by atoms with Crippen LogP contribution in [-0.2, 0) is 20.9 Å². The van der Waals surface area contributed by atoms with E-state index in [0.29, 0.717) is 10.9 Å². The number of esters is 1. The first kappa shape index (κ1) is 15.3. The molecule has 1 aromatic heterocycles. The van der Waals surface area contributed by atoms with Crippen LogP contribution >= 0.6 is 22.9 Å². The lowest BCUT2D eigenvalue weighted by Crippen LogP contribution is -2.43. The fourth-order valence-corrected chi connectivity index (χ4v) is 3.32. The van der Waals surface area contributed by atoms with Gasteiger partial charge in [-0.25, -0.2) is 0 Å². The summed E-state index contributed by atoms with van der Waals surface area (Å²) < 4.78 is 5.46. The van der Waals surface area contributed by atoms with E-state index in [-0.39, 0.29) is 24.5 Å². The second-order valence-electron chi connectivity index (χ2n) is 4.63. The van der Waals surface area contributed by atoms with Crippen molar-refractivity contribution >= 4 is 34.8 Å². The van der Waals surface area contributed by atoms with Gasteiger partial charge in [-0.15, -0.1) is 11.3 Å². The number of methoxy groups -OCH3 is 1. The molecule has 2 rings (SSSR count). The van der Waals surface area contributed by atoms with Gasteiger partial charge in [0.1, 0.15) is 6.04 Å². The number of halogens is 1. The Kier molecular flexibility index (Phi) is 5.39. The summed E-state index contributed by atoms with van der Waals surface area (Å²) in [5.74, 6) is -0.356. The van der Waals surface area contributed by atoms with Crippen molar-refractivity contribution < 1.29 is 14.3 Å². The van der Waals surface area contributed by atoms with Gasteiger partial charge in [0.2, 0.25) is 5.91 Å². The van der Waals surface area contributed by atoms with Gasteiger partial charge in [-0.2, -0.15) is 0 Å². The molecule has 5 nitrogen and oxygen atoms in total. The lowest BCUT2D eigenvalue weighted by molar-refractivity contribution is -0.146. The number of likely N-dealkylation sites (tertiary alicyclic amines) is 1. The zero-order chi connectivity index (χ0) is 14.5. The van der Waals surface area contributed by atoms with E-state index in [1.807, 2.05) is 17.0 Å². The van der Waals surface area contributed by atoms with Crippen LogP contribution in [0.2, 0.25) is 4.34 Å². The Hall–Kier alpha value is -1.11. The molecule has 0 saturated carbocycles. The maximum absolute atomic E-state index is 11.9. The highest BCUT2D eigenvalue weighted by Gasteiger charge is 2.32. The Balaban J connectivity index is 1.80. The van der Waals surface area contributed by atoms with E-state index < -0.39 is 0 Å². The zero-order valence-electron chi connectivity index (χ0n) is 11.2. The van der Waals surface area contributed by atoms with Gasteiger partial charge < -0.3 is 10.1 Å². The molecule has 20 heavy (non-hydrogen) atoms. The van der Waals surface area contributed by atoms with Crippen LogP contribution in [0.4, 0.5) is 0 Å². The lowest BCUT2D eigenvalue weighted by atomic mass is 10.2. The highest BCUT2D eigenvalue weighted by Crippen LogP contribution is 2.21. The lowest BCUT2D eigenvalue weighted by Gasteiger charge is -2.21. The molecule has 110 valence electrons. The largest absolute Gasteiger partial charge is 0.468 e. The predicted octanol–water partition coefficient (Wildman–Crippen LogP) is 1.66. The third kappa shape index (κ3) is 3.94. The molecule has 1 aliphatic heterocycles. The molecule has 1 fully saturated rings. The van der Waals surface area contributed by atoms with Crippen LogP contribution in [0.15, 0.2) is 12.1 Å². The van der Waals surface area contributed by atoms with Gasteiger partial charge in [0, 0.05) is 4.88 Å². The minimum absolute atomic E-state index is 0.0923. The van der Waals surface area contributed by atoms with Crippen molar-refractivity contribution in [2.24, 2.45) is 0 Å². The first-order valence-corrected chi connectivity index (χ1v) is 7.62. The number of ether oxygens (including phenoxy) is 1. The van der Waals surface area contributed by atoms with Crippen LogP contribution in [0.5, 0.6) is 0 Å². The van der Waals surface area contributed by atoms with Crippen LogP contribution in [0, 0.1) is 0 Å². The predicted molar refractivity (Wildman–Crippen MR) is 77.8 cm³/mol. The molecule has 0 aromatic carbocycles. The molecule has 1 atom stereocenters. The molecular weight excluding hydrogens is 300 g/mol. The molecule has 7 heteroatoms. The van der Waals surface area contributed by atoms with E-state index in [4.69, 9.17) is 16.3 Å². The van der Waals surface area contributed by atoms with Gasteiger partial charge in [-0.1, -0.05) is 11.6 Å². The van der Waals surface area contributed by atoms with Gasteiger partial charge in [0.15, 0.2) is 0 Å². The molecule has 0 bridgehead atoms. The molecule has 2 heterocycles. The molecule has 1 N–H and O–H groups in total. The summed E-state index contributed by atoms with van der Waals surface area (Å²) in [6.45, 7) is 1.43. The zero-order valence-corrected chi connectivity index (χ0v) is 12.8. The molecule has 1 unspecified atom stereocenters. The number of thiophene rings is 1. The number of nitrogens with zero attached hydrogens (tertiary/aromatic N) is 1. The molecule has 1 aliphatic rings. The van der Waals surface area contributed by atoms with E-state index in [0.717, 1.165) is 24.3 Å². The molecule has 1 saturated heterocycles. The molecule has 1 aromatic rings. The van der Waals surface area contributed by atoms with Crippen LogP contribution in [0.3, 0.4) is 0 Å². The topological polar surface area (TPSA) is 58.6 Å². The summed E-state index contributed by atoms with van der Waals surface area (Å²) >= 11 is 7.27. The van der Waals surface area contributed by atoms with E-state index in [2.05, 4.69) is 5.32 Å². The summed E-state index contributed by atoms with van der Waals surface area (Å²) in [6, 6.07) is 3.41. The quantitative estimate of drug-likeness (QED) is 0.839. The van der Waals surface area contributed by atoms with Crippen LogP contribution < -0.4 is 5.32 Å². The van der Waals surface area contributed by atoms with Crippen molar-refractivity contribution in [1.29, 1.82) is 0 Å². The van der Waals surface area contributed by atoms with E-state index in [9.17, 15) is 9.59 Å². The van der Waals surface area contributed by atoms with Crippen LogP contribution in [-0.4, -0.2) is 43.0 Å².